The van der Waals surface area contributed by atoms with Crippen molar-refractivity contribution in [2.45, 2.75) is 13.1 Å². The van der Waals surface area contributed by atoms with Crippen molar-refractivity contribution in [1.82, 2.24) is 19.9 Å². The van der Waals surface area contributed by atoms with Crippen molar-refractivity contribution in [3.8, 4) is 28.3 Å². The third kappa shape index (κ3) is 5.25. The number of nitrogens with zero attached hydrogens (tertiary/aromatic N) is 4. The van der Waals surface area contributed by atoms with Crippen LogP contribution in [0.3, 0.4) is 0 Å². The van der Waals surface area contributed by atoms with Crippen LogP contribution in [-0.4, -0.2) is 58.7 Å². The first-order valence-corrected chi connectivity index (χ1v) is 10.5. The fourth-order valence-electron chi connectivity index (χ4n) is 3.62. The lowest BCUT2D eigenvalue weighted by Crippen LogP contribution is -2.43. The van der Waals surface area contributed by atoms with E-state index in [4.69, 9.17) is 15.2 Å². The monoisotopic (exact) mass is 473 g/mol. The molecule has 0 atom stereocenters. The van der Waals surface area contributed by atoms with Crippen molar-refractivity contribution < 1.29 is 27.4 Å². The van der Waals surface area contributed by atoms with Gasteiger partial charge in [0, 0.05) is 24.3 Å². The number of aryl methyl sites for hydroxylation is 1. The predicted octanol–water partition coefficient (Wildman–Crippen LogP) is 3.35. The van der Waals surface area contributed by atoms with Crippen LogP contribution in [0.15, 0.2) is 42.5 Å². The zero-order chi connectivity index (χ0) is 24.3. The van der Waals surface area contributed by atoms with Crippen molar-refractivity contribution >= 4 is 11.9 Å². The Bertz CT molecular complexity index is 1180. The number of aromatic nitrogens is 3. The van der Waals surface area contributed by atoms with Crippen molar-refractivity contribution in [3.63, 3.8) is 0 Å². The van der Waals surface area contributed by atoms with Crippen LogP contribution >= 0.6 is 0 Å². The zero-order valence-electron chi connectivity index (χ0n) is 18.3. The molecule has 8 nitrogen and oxygen atoms in total. The van der Waals surface area contributed by atoms with E-state index in [1.807, 2.05) is 0 Å². The molecule has 34 heavy (non-hydrogen) atoms. The third-order valence-corrected chi connectivity index (χ3v) is 5.17. The summed E-state index contributed by atoms with van der Waals surface area (Å²) in [5.74, 6) is -0.528. The number of anilines is 1. The molecule has 4 rings (SSSR count). The number of carbonyl (C=O) groups is 1. The van der Waals surface area contributed by atoms with Gasteiger partial charge in [-0.3, -0.25) is 4.79 Å². The van der Waals surface area contributed by atoms with Crippen LogP contribution in [0, 0.1) is 6.92 Å². The van der Waals surface area contributed by atoms with Gasteiger partial charge in [0.05, 0.1) is 24.5 Å². The van der Waals surface area contributed by atoms with E-state index in [1.54, 1.807) is 35.2 Å². The predicted molar refractivity (Wildman–Crippen MR) is 118 cm³/mol. The maximum Gasteiger partial charge on any atom is 0.433 e. The molecular formula is C23H22F3N5O3. The second-order valence-electron chi connectivity index (χ2n) is 7.64. The summed E-state index contributed by atoms with van der Waals surface area (Å²) in [6.45, 7) is 2.79. The van der Waals surface area contributed by atoms with E-state index in [0.717, 1.165) is 6.07 Å². The molecule has 1 amide bonds. The van der Waals surface area contributed by atoms with Gasteiger partial charge >= 0.3 is 6.18 Å². The normalized spacial score (nSPS) is 14.2. The highest BCUT2D eigenvalue weighted by atomic mass is 19.4. The number of nitrogens with two attached hydrogens (primary N) is 1. The number of amides is 1. The standard InChI is InChI=1S/C23H22F3N5O3/c1-14-11-16(12-17(28-14)23(24,25)26)19-20(15-5-3-2-4-6-15)29-22(27)30-21(19)34-13-18(32)31-7-9-33-10-8-31/h2-6,11-12H,7-10,13H2,1H3,(H2,27,29,30). The fraction of sp³-hybridized carbons (Fsp3) is 0.304. The van der Waals surface area contributed by atoms with Gasteiger partial charge in [0.2, 0.25) is 11.8 Å². The number of rotatable bonds is 5. The topological polar surface area (TPSA) is 103 Å². The summed E-state index contributed by atoms with van der Waals surface area (Å²) in [5.41, 5.74) is 6.21. The van der Waals surface area contributed by atoms with Crippen LogP contribution in [0.4, 0.5) is 19.1 Å². The largest absolute Gasteiger partial charge is 0.467 e. The Labute approximate surface area is 193 Å². The van der Waals surface area contributed by atoms with E-state index in [-0.39, 0.29) is 46.9 Å². The number of nitrogen functional groups attached to an aromatic ring is 1. The van der Waals surface area contributed by atoms with Gasteiger partial charge < -0.3 is 20.1 Å². The second-order valence-corrected chi connectivity index (χ2v) is 7.64. The first-order chi connectivity index (χ1) is 16.2. The average molecular weight is 473 g/mol. The molecule has 0 spiro atoms. The van der Waals surface area contributed by atoms with Crippen LogP contribution in [0.5, 0.6) is 5.88 Å². The maximum absolute atomic E-state index is 13.5. The van der Waals surface area contributed by atoms with Crippen LogP contribution in [0.2, 0.25) is 0 Å². The average Bonchev–Trinajstić information content (AvgIpc) is 2.82. The van der Waals surface area contributed by atoms with Gasteiger partial charge in [-0.15, -0.1) is 0 Å². The molecule has 3 aromatic rings. The van der Waals surface area contributed by atoms with Gasteiger partial charge in [-0.25, -0.2) is 9.97 Å². The number of alkyl halides is 3. The molecule has 11 heteroatoms. The molecule has 1 saturated heterocycles. The molecule has 1 aromatic carbocycles. The molecule has 0 aliphatic carbocycles. The van der Waals surface area contributed by atoms with Crippen molar-refractivity contribution in [2.24, 2.45) is 0 Å². The van der Waals surface area contributed by atoms with E-state index in [0.29, 0.717) is 31.9 Å². The van der Waals surface area contributed by atoms with Crippen LogP contribution < -0.4 is 10.5 Å². The Balaban J connectivity index is 1.81. The van der Waals surface area contributed by atoms with Crippen LogP contribution in [-0.2, 0) is 15.7 Å². The molecule has 2 aromatic heterocycles. The molecule has 178 valence electrons. The summed E-state index contributed by atoms with van der Waals surface area (Å²) in [5, 5.41) is 0. The van der Waals surface area contributed by atoms with E-state index in [2.05, 4.69) is 15.0 Å². The van der Waals surface area contributed by atoms with E-state index in [9.17, 15) is 18.0 Å². The highest BCUT2D eigenvalue weighted by molar-refractivity contribution is 5.85. The number of pyridine rings is 1. The Hall–Kier alpha value is -3.73. The number of hydrogen-bond acceptors (Lipinski definition) is 7. The minimum atomic E-state index is -4.66. The third-order valence-electron chi connectivity index (χ3n) is 5.17. The lowest BCUT2D eigenvalue weighted by atomic mass is 9.99. The molecule has 1 aliphatic heterocycles. The number of hydrogen-bond donors (Lipinski definition) is 1. The second kappa shape index (κ2) is 9.64. The summed E-state index contributed by atoms with van der Waals surface area (Å²) in [6.07, 6.45) is -4.66. The van der Waals surface area contributed by atoms with Crippen LogP contribution in [0.1, 0.15) is 11.4 Å². The summed E-state index contributed by atoms with van der Waals surface area (Å²) >= 11 is 0. The van der Waals surface area contributed by atoms with Gasteiger partial charge in [-0.1, -0.05) is 30.3 Å². The van der Waals surface area contributed by atoms with Gasteiger partial charge in [0.25, 0.3) is 5.91 Å². The summed E-state index contributed by atoms with van der Waals surface area (Å²) in [6, 6.07) is 11.2. The SMILES string of the molecule is Cc1cc(-c2c(OCC(=O)N3CCOCC3)nc(N)nc2-c2ccccc2)cc(C(F)(F)F)n1. The molecular weight excluding hydrogens is 451 g/mol. The van der Waals surface area contributed by atoms with Gasteiger partial charge in [0.1, 0.15) is 5.69 Å². The summed E-state index contributed by atoms with van der Waals surface area (Å²) < 4.78 is 51.5. The molecule has 1 aliphatic rings. The van der Waals surface area contributed by atoms with Gasteiger partial charge in [0.15, 0.2) is 6.61 Å². The molecule has 0 radical (unpaired) electrons. The summed E-state index contributed by atoms with van der Waals surface area (Å²) in [4.78, 5) is 26.2. The number of ether oxygens (including phenoxy) is 2. The molecule has 1 fully saturated rings. The van der Waals surface area contributed by atoms with E-state index >= 15 is 0 Å². The number of carbonyl (C=O) groups excluding carboxylic acids is 1. The fourth-order valence-corrected chi connectivity index (χ4v) is 3.62. The Kier molecular flexibility index (Phi) is 6.64. The molecule has 0 unspecified atom stereocenters. The van der Waals surface area contributed by atoms with Gasteiger partial charge in [-0.05, 0) is 24.6 Å². The van der Waals surface area contributed by atoms with E-state index in [1.165, 1.54) is 13.0 Å². The first-order valence-electron chi connectivity index (χ1n) is 10.5. The highest BCUT2D eigenvalue weighted by Crippen LogP contribution is 2.40. The molecule has 3 heterocycles. The van der Waals surface area contributed by atoms with Gasteiger partial charge in [-0.2, -0.15) is 18.2 Å². The first kappa shape index (κ1) is 23.4. The number of morpholine rings is 1. The zero-order valence-corrected chi connectivity index (χ0v) is 18.3. The van der Waals surface area contributed by atoms with Crippen molar-refractivity contribution in [3.05, 3.63) is 53.9 Å². The lowest BCUT2D eigenvalue weighted by molar-refractivity contribution is -0.141. The number of halogens is 3. The van der Waals surface area contributed by atoms with Crippen LogP contribution in [0.25, 0.3) is 22.4 Å². The maximum atomic E-state index is 13.5. The lowest BCUT2D eigenvalue weighted by Gasteiger charge is -2.26. The molecule has 0 saturated carbocycles. The quantitative estimate of drug-likeness (QED) is 0.606. The Morgan fingerprint density at radius 2 is 1.79 bits per heavy atom. The Morgan fingerprint density at radius 1 is 1.09 bits per heavy atom. The minimum Gasteiger partial charge on any atom is -0.467 e. The Morgan fingerprint density at radius 3 is 2.47 bits per heavy atom. The molecule has 0 bridgehead atoms. The highest BCUT2D eigenvalue weighted by Gasteiger charge is 2.34. The van der Waals surface area contributed by atoms with E-state index < -0.39 is 11.9 Å². The van der Waals surface area contributed by atoms with Crippen molar-refractivity contribution in [2.75, 3.05) is 38.6 Å². The summed E-state index contributed by atoms with van der Waals surface area (Å²) in [7, 11) is 0. The minimum absolute atomic E-state index is 0.0910. The number of benzene rings is 1. The van der Waals surface area contributed by atoms with Crippen molar-refractivity contribution in [1.29, 1.82) is 0 Å². The molecule has 2 N–H and O–H groups in total. The smallest absolute Gasteiger partial charge is 0.433 e.